The van der Waals surface area contributed by atoms with Crippen molar-refractivity contribution >= 4 is 17.1 Å². The van der Waals surface area contributed by atoms with Gasteiger partial charge in [0.15, 0.2) is 5.78 Å². The maximum absolute atomic E-state index is 11.9. The Morgan fingerprint density at radius 3 is 2.93 bits per heavy atom. The van der Waals surface area contributed by atoms with E-state index in [0.29, 0.717) is 12.3 Å². The van der Waals surface area contributed by atoms with Crippen LogP contribution in [0.3, 0.4) is 0 Å². The highest BCUT2D eigenvalue weighted by Crippen LogP contribution is 2.22. The Labute approximate surface area is 93.5 Å². The molecule has 2 rings (SSSR count). The smallest absolute Gasteiger partial charge is 0.174 e. The minimum atomic E-state index is 0.243. The molecule has 0 spiro atoms. The second-order valence-electron chi connectivity index (χ2n) is 3.93. The van der Waals surface area contributed by atoms with Crippen molar-refractivity contribution in [3.8, 4) is 0 Å². The van der Waals surface area contributed by atoms with E-state index in [1.807, 2.05) is 6.92 Å². The summed E-state index contributed by atoms with van der Waals surface area (Å²) in [4.78, 5) is 16.8. The molecule has 1 saturated heterocycles. The zero-order valence-corrected chi connectivity index (χ0v) is 9.68. The quantitative estimate of drug-likeness (QED) is 0.742. The molecular formula is C11H15NO2S. The Morgan fingerprint density at radius 1 is 1.60 bits per heavy atom. The van der Waals surface area contributed by atoms with Gasteiger partial charge in [-0.05, 0) is 25.7 Å². The molecule has 1 aromatic heterocycles. The second-order valence-corrected chi connectivity index (χ2v) is 5.16. The third-order valence-corrected chi connectivity index (χ3v) is 3.66. The first-order chi connectivity index (χ1) is 7.25. The Balaban J connectivity index is 1.91. The van der Waals surface area contributed by atoms with E-state index < -0.39 is 0 Å². The Bertz CT molecular complexity index is 342. The molecule has 0 atom stereocenters. The number of rotatable bonds is 3. The van der Waals surface area contributed by atoms with Gasteiger partial charge >= 0.3 is 0 Å². The van der Waals surface area contributed by atoms with Gasteiger partial charge in [-0.25, -0.2) is 4.98 Å². The monoisotopic (exact) mass is 225 g/mol. The number of carbonyl (C=O) groups is 1. The zero-order valence-electron chi connectivity index (χ0n) is 8.86. The van der Waals surface area contributed by atoms with Crippen LogP contribution in [0.5, 0.6) is 0 Å². The van der Waals surface area contributed by atoms with E-state index in [9.17, 15) is 4.79 Å². The van der Waals surface area contributed by atoms with Gasteiger partial charge in [0.2, 0.25) is 0 Å². The number of Topliss-reactive ketones (excluding diaryl/α,β-unsaturated/α-hetero) is 1. The summed E-state index contributed by atoms with van der Waals surface area (Å²) in [6.07, 6.45) is 4.39. The average molecular weight is 225 g/mol. The minimum absolute atomic E-state index is 0.243. The van der Waals surface area contributed by atoms with Crippen LogP contribution in [-0.2, 0) is 4.74 Å². The molecule has 0 amide bonds. The fourth-order valence-electron chi connectivity index (χ4n) is 1.80. The molecule has 0 unspecified atom stereocenters. The molecular weight excluding hydrogens is 210 g/mol. The van der Waals surface area contributed by atoms with Gasteiger partial charge in [-0.15, -0.1) is 11.3 Å². The molecule has 3 nitrogen and oxygen atoms in total. The largest absolute Gasteiger partial charge is 0.381 e. The van der Waals surface area contributed by atoms with Crippen molar-refractivity contribution in [1.29, 1.82) is 0 Å². The molecule has 1 aliphatic heterocycles. The maximum Gasteiger partial charge on any atom is 0.174 e. The van der Waals surface area contributed by atoms with Crippen LogP contribution in [0.15, 0.2) is 6.20 Å². The third kappa shape index (κ3) is 2.86. The molecule has 1 aromatic rings. The summed E-state index contributed by atoms with van der Waals surface area (Å²) < 4.78 is 5.27. The van der Waals surface area contributed by atoms with E-state index in [4.69, 9.17) is 4.74 Å². The van der Waals surface area contributed by atoms with E-state index in [2.05, 4.69) is 4.98 Å². The van der Waals surface area contributed by atoms with Gasteiger partial charge in [-0.2, -0.15) is 0 Å². The Kier molecular flexibility index (Phi) is 3.49. The van der Waals surface area contributed by atoms with Crippen LogP contribution in [-0.4, -0.2) is 24.0 Å². The number of thiazole rings is 1. The molecule has 82 valence electrons. The van der Waals surface area contributed by atoms with Crippen LogP contribution < -0.4 is 0 Å². The van der Waals surface area contributed by atoms with Gasteiger partial charge in [0.25, 0.3) is 0 Å². The van der Waals surface area contributed by atoms with Crippen LogP contribution in [0.4, 0.5) is 0 Å². The highest BCUT2D eigenvalue weighted by atomic mass is 32.1. The maximum atomic E-state index is 11.9. The van der Waals surface area contributed by atoms with E-state index >= 15 is 0 Å². The van der Waals surface area contributed by atoms with Crippen LogP contribution >= 0.6 is 11.3 Å². The van der Waals surface area contributed by atoms with E-state index in [1.165, 1.54) is 11.3 Å². The van der Waals surface area contributed by atoms with Gasteiger partial charge in [0.1, 0.15) is 0 Å². The number of ketones is 1. The van der Waals surface area contributed by atoms with Crippen molar-refractivity contribution in [3.63, 3.8) is 0 Å². The molecule has 0 saturated carbocycles. The topological polar surface area (TPSA) is 39.2 Å². The standard InChI is InChI=1S/C11H15NO2S/c1-8-12-7-11(15-8)10(13)6-9-2-4-14-5-3-9/h7,9H,2-6H2,1H3. The van der Waals surface area contributed by atoms with Crippen LogP contribution in [0, 0.1) is 12.8 Å². The first-order valence-electron chi connectivity index (χ1n) is 5.29. The Hall–Kier alpha value is -0.740. The number of hydrogen-bond acceptors (Lipinski definition) is 4. The van der Waals surface area contributed by atoms with Gasteiger partial charge in [-0.1, -0.05) is 0 Å². The minimum Gasteiger partial charge on any atom is -0.381 e. The lowest BCUT2D eigenvalue weighted by Crippen LogP contribution is -2.18. The molecule has 1 aliphatic rings. The summed E-state index contributed by atoms with van der Waals surface area (Å²) in [5, 5.41) is 0.963. The fraction of sp³-hybridized carbons (Fsp3) is 0.636. The predicted molar refractivity (Wildman–Crippen MR) is 59.3 cm³/mol. The van der Waals surface area contributed by atoms with Gasteiger partial charge < -0.3 is 4.74 Å². The van der Waals surface area contributed by atoms with E-state index in [0.717, 1.165) is 35.9 Å². The molecule has 2 heterocycles. The van der Waals surface area contributed by atoms with Crippen molar-refractivity contribution in [2.75, 3.05) is 13.2 Å². The summed E-state index contributed by atoms with van der Waals surface area (Å²) >= 11 is 1.49. The van der Waals surface area contributed by atoms with Gasteiger partial charge in [0.05, 0.1) is 9.88 Å². The van der Waals surface area contributed by atoms with Crippen LogP contribution in [0.2, 0.25) is 0 Å². The summed E-state index contributed by atoms with van der Waals surface area (Å²) in [5.41, 5.74) is 0. The molecule has 0 aromatic carbocycles. The highest BCUT2D eigenvalue weighted by molar-refractivity contribution is 7.13. The molecule has 15 heavy (non-hydrogen) atoms. The normalized spacial score (nSPS) is 17.9. The van der Waals surface area contributed by atoms with Crippen LogP contribution in [0.25, 0.3) is 0 Å². The number of aryl methyl sites for hydroxylation is 1. The SMILES string of the molecule is Cc1ncc(C(=O)CC2CCOCC2)s1. The molecule has 4 heteroatoms. The molecule has 1 fully saturated rings. The van der Waals surface area contributed by atoms with Crippen molar-refractivity contribution in [1.82, 2.24) is 4.98 Å². The third-order valence-electron chi connectivity index (χ3n) is 2.71. The number of ether oxygens (including phenoxy) is 1. The van der Waals surface area contributed by atoms with Crippen molar-refractivity contribution in [3.05, 3.63) is 16.1 Å². The van der Waals surface area contributed by atoms with Crippen LogP contribution in [0.1, 0.15) is 33.9 Å². The fourth-order valence-corrected chi connectivity index (χ4v) is 2.53. The van der Waals surface area contributed by atoms with Crippen molar-refractivity contribution in [2.45, 2.75) is 26.2 Å². The highest BCUT2D eigenvalue weighted by Gasteiger charge is 2.19. The lowest BCUT2D eigenvalue weighted by atomic mass is 9.94. The number of hydrogen-bond donors (Lipinski definition) is 0. The first-order valence-corrected chi connectivity index (χ1v) is 6.10. The summed E-state index contributed by atoms with van der Waals surface area (Å²) in [6, 6.07) is 0. The number of nitrogens with zero attached hydrogens (tertiary/aromatic N) is 1. The summed E-state index contributed by atoms with van der Waals surface area (Å²) in [7, 11) is 0. The first kappa shape index (κ1) is 10.8. The lowest BCUT2D eigenvalue weighted by molar-refractivity contribution is 0.0602. The number of aromatic nitrogens is 1. The second kappa shape index (κ2) is 4.86. The zero-order chi connectivity index (χ0) is 10.7. The van der Waals surface area contributed by atoms with E-state index in [-0.39, 0.29) is 5.78 Å². The summed E-state index contributed by atoms with van der Waals surface area (Å²) in [6.45, 7) is 3.54. The Morgan fingerprint density at radius 2 is 2.33 bits per heavy atom. The molecule has 0 radical (unpaired) electrons. The van der Waals surface area contributed by atoms with Gasteiger partial charge in [-0.3, -0.25) is 4.79 Å². The van der Waals surface area contributed by atoms with Crippen molar-refractivity contribution < 1.29 is 9.53 Å². The molecule has 0 N–H and O–H groups in total. The van der Waals surface area contributed by atoms with Crippen molar-refractivity contribution in [2.24, 2.45) is 5.92 Å². The van der Waals surface area contributed by atoms with Gasteiger partial charge in [0, 0.05) is 25.8 Å². The average Bonchev–Trinajstić information content (AvgIpc) is 2.66. The molecule has 0 bridgehead atoms. The lowest BCUT2D eigenvalue weighted by Gasteiger charge is -2.20. The van der Waals surface area contributed by atoms with E-state index in [1.54, 1.807) is 6.20 Å². The predicted octanol–water partition coefficient (Wildman–Crippen LogP) is 2.45. The molecule has 0 aliphatic carbocycles. The summed E-state index contributed by atoms with van der Waals surface area (Å²) in [5.74, 6) is 0.751. The number of carbonyl (C=O) groups excluding carboxylic acids is 1.